The molecule has 2 rings (SSSR count). The third-order valence-corrected chi connectivity index (χ3v) is 4.45. The Morgan fingerprint density at radius 2 is 2.32 bits per heavy atom. The van der Waals surface area contributed by atoms with Gasteiger partial charge in [-0.15, -0.1) is 0 Å². The fourth-order valence-corrected chi connectivity index (χ4v) is 3.19. The number of benzene rings is 1. The number of halogens is 2. The van der Waals surface area contributed by atoms with Gasteiger partial charge in [0.15, 0.2) is 5.78 Å². The Bertz CT molecular complexity index is 491. The highest BCUT2D eigenvalue weighted by molar-refractivity contribution is 9.10. The third-order valence-electron chi connectivity index (χ3n) is 3.95. The fraction of sp³-hybridized carbons (Fsp3) is 0.533. The van der Waals surface area contributed by atoms with Crippen LogP contribution in [0.15, 0.2) is 22.7 Å². The minimum atomic E-state index is -0.767. The largest absolute Gasteiger partial charge is 0.319 e. The van der Waals surface area contributed by atoms with E-state index in [1.165, 1.54) is 6.07 Å². The summed E-state index contributed by atoms with van der Waals surface area (Å²) in [5, 5.41) is 0. The minimum absolute atomic E-state index is 0.0414. The zero-order valence-electron chi connectivity index (χ0n) is 11.1. The summed E-state index contributed by atoms with van der Waals surface area (Å²) < 4.78 is 14.4. The van der Waals surface area contributed by atoms with Gasteiger partial charge in [-0.25, -0.2) is 4.39 Å². The molecule has 19 heavy (non-hydrogen) atoms. The van der Waals surface area contributed by atoms with E-state index in [0.29, 0.717) is 28.8 Å². The van der Waals surface area contributed by atoms with Crippen molar-refractivity contribution in [3.63, 3.8) is 0 Å². The van der Waals surface area contributed by atoms with E-state index >= 15 is 0 Å². The Labute approximate surface area is 121 Å². The predicted molar refractivity (Wildman–Crippen MR) is 77.4 cm³/mol. The van der Waals surface area contributed by atoms with Crippen LogP contribution in [0, 0.1) is 11.7 Å². The first-order valence-electron chi connectivity index (χ1n) is 6.67. The highest BCUT2D eigenvalue weighted by atomic mass is 79.9. The molecule has 1 aromatic carbocycles. The van der Waals surface area contributed by atoms with Gasteiger partial charge in [0.1, 0.15) is 5.82 Å². The molecule has 1 aliphatic rings. The van der Waals surface area contributed by atoms with E-state index < -0.39 is 5.54 Å². The lowest BCUT2D eigenvalue weighted by molar-refractivity contribution is -0.125. The predicted octanol–water partition coefficient (Wildman–Crippen LogP) is 3.61. The molecule has 2 nitrogen and oxygen atoms in total. The van der Waals surface area contributed by atoms with Crippen LogP contribution in [0.5, 0.6) is 0 Å². The van der Waals surface area contributed by atoms with E-state index in [4.69, 9.17) is 5.73 Å². The van der Waals surface area contributed by atoms with Crippen molar-refractivity contribution in [3.05, 3.63) is 34.1 Å². The normalized spacial score (nSPS) is 27.3. The molecule has 2 unspecified atom stereocenters. The lowest BCUT2D eigenvalue weighted by Crippen LogP contribution is -2.51. The Kier molecular flexibility index (Phi) is 4.41. The second kappa shape index (κ2) is 5.71. The zero-order valence-corrected chi connectivity index (χ0v) is 12.7. The van der Waals surface area contributed by atoms with Gasteiger partial charge < -0.3 is 5.73 Å². The van der Waals surface area contributed by atoms with Crippen LogP contribution in [0.25, 0.3) is 0 Å². The SMILES string of the molecule is CC1CCCC(N)(C(=O)Cc2ccc(Br)cc2F)C1. The summed E-state index contributed by atoms with van der Waals surface area (Å²) in [7, 11) is 0. The van der Waals surface area contributed by atoms with Crippen LogP contribution >= 0.6 is 15.9 Å². The molecule has 2 N–H and O–H groups in total. The van der Waals surface area contributed by atoms with Crippen LogP contribution in [0.2, 0.25) is 0 Å². The summed E-state index contributed by atoms with van der Waals surface area (Å²) in [4.78, 5) is 12.4. The van der Waals surface area contributed by atoms with Crippen molar-refractivity contribution in [1.29, 1.82) is 0 Å². The summed E-state index contributed by atoms with van der Waals surface area (Å²) in [6.07, 6.45) is 3.62. The van der Waals surface area contributed by atoms with Gasteiger partial charge in [0.05, 0.1) is 5.54 Å². The second-order valence-electron chi connectivity index (χ2n) is 5.69. The summed E-state index contributed by atoms with van der Waals surface area (Å²) in [6.45, 7) is 2.12. The molecule has 0 spiro atoms. The monoisotopic (exact) mass is 327 g/mol. The maximum absolute atomic E-state index is 13.8. The number of nitrogens with two attached hydrogens (primary N) is 1. The van der Waals surface area contributed by atoms with Gasteiger partial charge in [0.25, 0.3) is 0 Å². The first kappa shape index (κ1) is 14.7. The van der Waals surface area contributed by atoms with Crippen LogP contribution in [0.3, 0.4) is 0 Å². The van der Waals surface area contributed by atoms with E-state index in [2.05, 4.69) is 22.9 Å². The van der Waals surface area contributed by atoms with Gasteiger partial charge in [-0.1, -0.05) is 41.8 Å². The molecule has 104 valence electrons. The smallest absolute Gasteiger partial charge is 0.157 e. The molecule has 0 heterocycles. The molecule has 1 fully saturated rings. The number of ketones is 1. The summed E-state index contributed by atoms with van der Waals surface area (Å²) in [6, 6.07) is 4.78. The molecule has 0 bridgehead atoms. The molecule has 0 aliphatic heterocycles. The van der Waals surface area contributed by atoms with Crippen molar-refractivity contribution >= 4 is 21.7 Å². The number of carbonyl (C=O) groups excluding carboxylic acids is 1. The van der Waals surface area contributed by atoms with E-state index in [-0.39, 0.29) is 18.0 Å². The average Bonchev–Trinajstić information content (AvgIpc) is 2.32. The first-order chi connectivity index (χ1) is 8.90. The van der Waals surface area contributed by atoms with Gasteiger partial charge in [0, 0.05) is 10.9 Å². The fourth-order valence-electron chi connectivity index (χ4n) is 2.86. The second-order valence-corrected chi connectivity index (χ2v) is 6.61. The van der Waals surface area contributed by atoms with Crippen LogP contribution < -0.4 is 5.73 Å². The van der Waals surface area contributed by atoms with Crippen molar-refractivity contribution in [2.75, 3.05) is 0 Å². The molecule has 0 amide bonds. The average molecular weight is 328 g/mol. The van der Waals surface area contributed by atoms with Crippen LogP contribution in [-0.4, -0.2) is 11.3 Å². The van der Waals surface area contributed by atoms with Crippen molar-refractivity contribution in [2.24, 2.45) is 11.7 Å². The van der Waals surface area contributed by atoms with Gasteiger partial charge in [-0.3, -0.25) is 4.79 Å². The van der Waals surface area contributed by atoms with Crippen LogP contribution in [0.4, 0.5) is 4.39 Å². The van der Waals surface area contributed by atoms with Gasteiger partial charge in [-0.05, 0) is 36.5 Å². The number of carbonyl (C=O) groups is 1. The molecule has 4 heteroatoms. The maximum Gasteiger partial charge on any atom is 0.157 e. The first-order valence-corrected chi connectivity index (χ1v) is 7.46. The third kappa shape index (κ3) is 3.42. The molecular formula is C15H19BrFNO. The van der Waals surface area contributed by atoms with Gasteiger partial charge in [0.2, 0.25) is 0 Å². The molecule has 1 saturated carbocycles. The summed E-state index contributed by atoms with van der Waals surface area (Å²) in [5.74, 6) is 0.0768. The summed E-state index contributed by atoms with van der Waals surface area (Å²) in [5.41, 5.74) is 5.90. The van der Waals surface area contributed by atoms with Gasteiger partial charge in [-0.2, -0.15) is 0 Å². The standard InChI is InChI=1S/C15H19BrFNO/c1-10-3-2-6-15(18,9-10)14(19)7-11-4-5-12(16)8-13(11)17/h4-5,8,10H,2-3,6-7,9,18H2,1H3. The number of rotatable bonds is 3. The molecular weight excluding hydrogens is 309 g/mol. The molecule has 2 atom stereocenters. The quantitative estimate of drug-likeness (QED) is 0.921. The highest BCUT2D eigenvalue weighted by Gasteiger charge is 2.37. The Balaban J connectivity index is 2.12. The molecule has 1 aliphatic carbocycles. The van der Waals surface area contributed by atoms with Crippen LogP contribution in [0.1, 0.15) is 38.2 Å². The molecule has 0 aromatic heterocycles. The Morgan fingerprint density at radius 1 is 1.58 bits per heavy atom. The lowest BCUT2D eigenvalue weighted by atomic mass is 9.73. The van der Waals surface area contributed by atoms with Crippen molar-refractivity contribution < 1.29 is 9.18 Å². The van der Waals surface area contributed by atoms with Crippen molar-refractivity contribution in [3.8, 4) is 0 Å². The van der Waals surface area contributed by atoms with E-state index in [1.54, 1.807) is 12.1 Å². The van der Waals surface area contributed by atoms with Crippen molar-refractivity contribution in [1.82, 2.24) is 0 Å². The van der Waals surface area contributed by atoms with Crippen LogP contribution in [-0.2, 0) is 11.2 Å². The van der Waals surface area contributed by atoms with E-state index in [0.717, 1.165) is 12.8 Å². The number of Topliss-reactive ketones (excluding diaryl/α,β-unsaturated/α-hetero) is 1. The summed E-state index contributed by atoms with van der Waals surface area (Å²) >= 11 is 3.21. The Hall–Kier alpha value is -0.740. The maximum atomic E-state index is 13.8. The van der Waals surface area contributed by atoms with E-state index in [9.17, 15) is 9.18 Å². The Morgan fingerprint density at radius 3 is 2.95 bits per heavy atom. The topological polar surface area (TPSA) is 43.1 Å². The highest BCUT2D eigenvalue weighted by Crippen LogP contribution is 2.32. The zero-order chi connectivity index (χ0) is 14.0. The number of hydrogen-bond acceptors (Lipinski definition) is 2. The minimum Gasteiger partial charge on any atom is -0.319 e. The molecule has 1 aromatic rings. The molecule has 0 radical (unpaired) electrons. The number of hydrogen-bond donors (Lipinski definition) is 1. The lowest BCUT2D eigenvalue weighted by Gasteiger charge is -2.35. The van der Waals surface area contributed by atoms with Gasteiger partial charge >= 0.3 is 0 Å². The van der Waals surface area contributed by atoms with Crippen molar-refractivity contribution in [2.45, 2.75) is 44.6 Å². The molecule has 0 saturated heterocycles. The van der Waals surface area contributed by atoms with E-state index in [1.807, 2.05) is 0 Å².